The number of benzene rings is 1. The fraction of sp³-hybridized carbons (Fsp3) is 0.348. The lowest BCUT2D eigenvalue weighted by atomic mass is 10.1. The molecule has 3 atom stereocenters. The normalized spacial score (nSPS) is 19.0. The first-order valence-electron chi connectivity index (χ1n) is 10.5. The number of nitrogens with zero attached hydrogens (tertiary/aromatic N) is 2. The first-order chi connectivity index (χ1) is 15.4. The Kier molecular flexibility index (Phi) is 6.62. The monoisotopic (exact) mass is 455 g/mol. The Bertz CT molecular complexity index is 1120. The maximum absolute atomic E-state index is 12.6. The highest BCUT2D eigenvalue weighted by Crippen LogP contribution is 2.24. The highest BCUT2D eigenvalue weighted by Gasteiger charge is 2.32. The Labute approximate surface area is 191 Å². The number of carbonyl (C=O) groups excluding carboxylic acids is 2. The lowest BCUT2D eigenvalue weighted by Crippen LogP contribution is -2.49. The van der Waals surface area contributed by atoms with Gasteiger partial charge in [0.1, 0.15) is 23.5 Å². The van der Waals surface area contributed by atoms with E-state index in [1.165, 1.54) is 0 Å². The van der Waals surface area contributed by atoms with Crippen LogP contribution in [-0.2, 0) is 23.2 Å². The molecule has 9 heteroatoms. The van der Waals surface area contributed by atoms with Gasteiger partial charge in [-0.25, -0.2) is 4.98 Å². The van der Waals surface area contributed by atoms with Crippen LogP contribution in [0, 0.1) is 0 Å². The molecule has 4 rings (SSSR count). The van der Waals surface area contributed by atoms with Gasteiger partial charge in [0, 0.05) is 44.3 Å². The topological polar surface area (TPSA) is 97.3 Å². The predicted octanol–water partition coefficient (Wildman–Crippen LogP) is 2.16. The highest BCUT2D eigenvalue weighted by molar-refractivity contribution is 6.35. The molecule has 2 aromatic heterocycles. The third kappa shape index (κ3) is 5.03. The standard InChI is InChI=1S/C23H26ClN5O3/c1-14(22(30)27-11-15-8-18-19(24)13-29(2)21(18)26-10-15)28-23(31)20-9-17(12-25-20)32-16-6-4-3-5-7-16/h3-8,10,13-14,17,20,25H,9,11-12H2,1-2H3,(H,27,30)(H,28,31)/t14?,17-,20+/m0/s1. The van der Waals surface area contributed by atoms with Crippen LogP contribution in [0.15, 0.2) is 48.8 Å². The minimum absolute atomic E-state index is 0.0930. The molecular formula is C23H26ClN5O3. The fourth-order valence-corrected chi connectivity index (χ4v) is 4.05. The number of amides is 2. The van der Waals surface area contributed by atoms with Gasteiger partial charge >= 0.3 is 0 Å². The van der Waals surface area contributed by atoms with Gasteiger partial charge in [0.05, 0.1) is 11.1 Å². The molecule has 3 N–H and O–H groups in total. The van der Waals surface area contributed by atoms with Gasteiger partial charge in [0.15, 0.2) is 0 Å². The number of pyridine rings is 1. The molecular weight excluding hydrogens is 430 g/mol. The summed E-state index contributed by atoms with van der Waals surface area (Å²) in [5.74, 6) is 0.288. The number of fused-ring (bicyclic) bond motifs is 1. The zero-order valence-corrected chi connectivity index (χ0v) is 18.7. The van der Waals surface area contributed by atoms with Crippen LogP contribution in [0.1, 0.15) is 18.9 Å². The molecule has 2 amide bonds. The van der Waals surface area contributed by atoms with Crippen molar-refractivity contribution in [2.75, 3.05) is 6.54 Å². The minimum atomic E-state index is -0.671. The van der Waals surface area contributed by atoms with Gasteiger partial charge in [-0.2, -0.15) is 0 Å². The summed E-state index contributed by atoms with van der Waals surface area (Å²) < 4.78 is 7.75. The van der Waals surface area contributed by atoms with Gasteiger partial charge in [-0.1, -0.05) is 29.8 Å². The predicted molar refractivity (Wildman–Crippen MR) is 122 cm³/mol. The van der Waals surface area contributed by atoms with Crippen molar-refractivity contribution in [3.05, 3.63) is 59.4 Å². The largest absolute Gasteiger partial charge is 0.489 e. The number of aromatic nitrogens is 2. The van der Waals surface area contributed by atoms with Crippen molar-refractivity contribution in [3.63, 3.8) is 0 Å². The second-order valence-electron chi connectivity index (χ2n) is 8.00. The zero-order chi connectivity index (χ0) is 22.7. The van der Waals surface area contributed by atoms with Crippen LogP contribution < -0.4 is 20.7 Å². The quantitative estimate of drug-likeness (QED) is 0.507. The number of aryl methyl sites for hydroxylation is 1. The van der Waals surface area contributed by atoms with Crippen molar-refractivity contribution < 1.29 is 14.3 Å². The molecule has 0 aliphatic carbocycles. The maximum Gasteiger partial charge on any atom is 0.242 e. The summed E-state index contributed by atoms with van der Waals surface area (Å²) in [7, 11) is 1.88. The summed E-state index contributed by atoms with van der Waals surface area (Å²) >= 11 is 6.23. The Morgan fingerprint density at radius 3 is 2.91 bits per heavy atom. The molecule has 0 radical (unpaired) electrons. The summed E-state index contributed by atoms with van der Waals surface area (Å²) in [5.41, 5.74) is 1.61. The number of hydrogen-bond acceptors (Lipinski definition) is 5. The molecule has 1 fully saturated rings. The number of nitrogens with one attached hydrogen (secondary N) is 3. The van der Waals surface area contributed by atoms with Gasteiger partial charge in [-0.3, -0.25) is 9.59 Å². The van der Waals surface area contributed by atoms with E-state index in [1.54, 1.807) is 19.3 Å². The van der Waals surface area contributed by atoms with E-state index < -0.39 is 12.1 Å². The lowest BCUT2D eigenvalue weighted by molar-refractivity contribution is -0.129. The Hall–Kier alpha value is -3.10. The van der Waals surface area contributed by atoms with E-state index in [-0.39, 0.29) is 17.9 Å². The Morgan fingerprint density at radius 1 is 1.34 bits per heavy atom. The van der Waals surface area contributed by atoms with Crippen molar-refractivity contribution >= 4 is 34.4 Å². The first kappa shape index (κ1) is 22.1. The van der Waals surface area contributed by atoms with E-state index in [9.17, 15) is 9.59 Å². The van der Waals surface area contributed by atoms with Crippen LogP contribution in [0.5, 0.6) is 5.75 Å². The van der Waals surface area contributed by atoms with Crippen molar-refractivity contribution in [3.8, 4) is 5.75 Å². The first-order valence-corrected chi connectivity index (χ1v) is 10.9. The summed E-state index contributed by atoms with van der Waals surface area (Å²) in [4.78, 5) is 29.5. The second-order valence-corrected chi connectivity index (χ2v) is 8.41. The number of para-hydroxylation sites is 1. The molecule has 3 heterocycles. The lowest BCUT2D eigenvalue weighted by Gasteiger charge is -2.17. The van der Waals surface area contributed by atoms with Gasteiger partial charge < -0.3 is 25.3 Å². The van der Waals surface area contributed by atoms with Gasteiger partial charge in [0.25, 0.3) is 0 Å². The van der Waals surface area contributed by atoms with Crippen molar-refractivity contribution in [1.82, 2.24) is 25.5 Å². The Balaban J connectivity index is 1.25. The molecule has 1 saturated heterocycles. The number of rotatable bonds is 7. The number of halogens is 1. The maximum atomic E-state index is 12.6. The highest BCUT2D eigenvalue weighted by atomic mass is 35.5. The van der Waals surface area contributed by atoms with Crippen molar-refractivity contribution in [1.29, 1.82) is 0 Å². The molecule has 0 spiro atoms. The molecule has 1 unspecified atom stereocenters. The van der Waals surface area contributed by atoms with E-state index in [4.69, 9.17) is 16.3 Å². The molecule has 0 saturated carbocycles. The summed E-state index contributed by atoms with van der Waals surface area (Å²) in [6, 6.07) is 10.4. The summed E-state index contributed by atoms with van der Waals surface area (Å²) in [6.45, 7) is 2.53. The van der Waals surface area contributed by atoms with E-state index in [0.717, 1.165) is 22.3 Å². The van der Waals surface area contributed by atoms with E-state index in [1.807, 2.05) is 48.0 Å². The van der Waals surface area contributed by atoms with Crippen LogP contribution in [-0.4, -0.2) is 46.1 Å². The van der Waals surface area contributed by atoms with Gasteiger partial charge in [0.2, 0.25) is 11.8 Å². The SMILES string of the molecule is CC(NC(=O)[C@H]1C[C@H](Oc2ccccc2)CN1)C(=O)NCc1cnc2c(c1)c(Cl)cn2C. The van der Waals surface area contributed by atoms with Crippen LogP contribution in [0.3, 0.4) is 0 Å². The molecule has 3 aromatic rings. The smallest absolute Gasteiger partial charge is 0.242 e. The van der Waals surface area contributed by atoms with Crippen molar-refractivity contribution in [2.45, 2.75) is 38.1 Å². The molecule has 32 heavy (non-hydrogen) atoms. The van der Waals surface area contributed by atoms with E-state index >= 15 is 0 Å². The van der Waals surface area contributed by atoms with E-state index in [2.05, 4.69) is 20.9 Å². The molecule has 168 valence electrons. The fourth-order valence-electron chi connectivity index (χ4n) is 3.76. The second kappa shape index (κ2) is 9.58. The van der Waals surface area contributed by atoms with Crippen LogP contribution in [0.2, 0.25) is 5.02 Å². The van der Waals surface area contributed by atoms with Crippen LogP contribution >= 0.6 is 11.6 Å². The number of ether oxygens (including phenoxy) is 1. The average molecular weight is 456 g/mol. The van der Waals surface area contributed by atoms with Gasteiger partial charge in [-0.15, -0.1) is 0 Å². The number of hydrogen-bond donors (Lipinski definition) is 3. The van der Waals surface area contributed by atoms with Crippen LogP contribution in [0.4, 0.5) is 0 Å². The summed E-state index contributed by atoms with van der Waals surface area (Å²) in [5, 5.41) is 10.2. The zero-order valence-electron chi connectivity index (χ0n) is 18.0. The summed E-state index contributed by atoms with van der Waals surface area (Å²) in [6.07, 6.45) is 3.95. The number of carbonyl (C=O) groups is 2. The van der Waals surface area contributed by atoms with Gasteiger partial charge in [-0.05, 0) is 30.7 Å². The van der Waals surface area contributed by atoms with Crippen LogP contribution in [0.25, 0.3) is 11.0 Å². The Morgan fingerprint density at radius 2 is 2.12 bits per heavy atom. The molecule has 1 aromatic carbocycles. The average Bonchev–Trinajstić information content (AvgIpc) is 3.37. The molecule has 8 nitrogen and oxygen atoms in total. The molecule has 0 bridgehead atoms. The third-order valence-electron chi connectivity index (χ3n) is 5.49. The van der Waals surface area contributed by atoms with E-state index in [0.29, 0.717) is 24.5 Å². The third-order valence-corrected chi connectivity index (χ3v) is 5.79. The molecule has 1 aliphatic rings. The molecule has 1 aliphatic heterocycles. The van der Waals surface area contributed by atoms with Crippen molar-refractivity contribution in [2.24, 2.45) is 7.05 Å². The minimum Gasteiger partial charge on any atom is -0.489 e.